The lowest BCUT2D eigenvalue weighted by Crippen LogP contribution is -2.30. The molecule has 86 valence electrons. The van der Waals surface area contributed by atoms with Crippen molar-refractivity contribution in [2.24, 2.45) is 0 Å². The van der Waals surface area contributed by atoms with E-state index in [0.29, 0.717) is 11.4 Å². The Hall–Kier alpha value is -1.97. The van der Waals surface area contributed by atoms with Gasteiger partial charge in [-0.2, -0.15) is 0 Å². The zero-order valence-corrected chi connectivity index (χ0v) is 9.74. The first-order chi connectivity index (χ1) is 7.43. The number of carbonyl (C=O) groups excluding carboxylic acids is 1. The van der Waals surface area contributed by atoms with E-state index in [1.165, 1.54) is 0 Å². The Bertz CT molecular complexity index is 425. The molecule has 16 heavy (non-hydrogen) atoms. The van der Waals surface area contributed by atoms with Crippen LogP contribution in [0.2, 0.25) is 0 Å². The van der Waals surface area contributed by atoms with Crippen molar-refractivity contribution < 1.29 is 9.90 Å². The Morgan fingerprint density at radius 1 is 1.44 bits per heavy atom. The molecule has 0 bridgehead atoms. The second kappa shape index (κ2) is 4.70. The van der Waals surface area contributed by atoms with Crippen molar-refractivity contribution in [3.63, 3.8) is 0 Å². The number of aryl methyl sites for hydroxylation is 1. The SMILES string of the molecule is C=C(NC(=O)c1cccc(C)c1O)N(C)C. The topological polar surface area (TPSA) is 52.6 Å². The highest BCUT2D eigenvalue weighted by Gasteiger charge is 2.13. The summed E-state index contributed by atoms with van der Waals surface area (Å²) in [5, 5.41) is 12.3. The number of hydrogen-bond donors (Lipinski definition) is 2. The Balaban J connectivity index is 2.89. The number of para-hydroxylation sites is 1. The van der Waals surface area contributed by atoms with Gasteiger partial charge in [-0.05, 0) is 18.6 Å². The van der Waals surface area contributed by atoms with Crippen LogP contribution in [-0.4, -0.2) is 30.0 Å². The standard InChI is InChI=1S/C12H16N2O2/c1-8-6-5-7-10(11(8)15)12(16)13-9(2)14(3)4/h5-7,15H,2H2,1,3-4H3,(H,13,16). The number of nitrogens with one attached hydrogen (secondary N) is 1. The van der Waals surface area contributed by atoms with E-state index in [1.54, 1.807) is 44.1 Å². The van der Waals surface area contributed by atoms with Crippen molar-refractivity contribution in [3.05, 3.63) is 41.7 Å². The third-order valence-corrected chi connectivity index (χ3v) is 2.28. The Morgan fingerprint density at radius 2 is 2.06 bits per heavy atom. The molecule has 0 radical (unpaired) electrons. The van der Waals surface area contributed by atoms with Crippen LogP contribution in [0.5, 0.6) is 5.75 Å². The summed E-state index contributed by atoms with van der Waals surface area (Å²) < 4.78 is 0. The molecule has 4 heteroatoms. The van der Waals surface area contributed by atoms with Crippen molar-refractivity contribution in [2.75, 3.05) is 14.1 Å². The van der Waals surface area contributed by atoms with Crippen LogP contribution in [-0.2, 0) is 0 Å². The van der Waals surface area contributed by atoms with E-state index in [4.69, 9.17) is 0 Å². The van der Waals surface area contributed by atoms with Gasteiger partial charge < -0.3 is 15.3 Å². The van der Waals surface area contributed by atoms with Crippen molar-refractivity contribution in [1.29, 1.82) is 0 Å². The maximum atomic E-state index is 11.8. The maximum Gasteiger partial charge on any atom is 0.260 e. The lowest BCUT2D eigenvalue weighted by Gasteiger charge is -2.16. The van der Waals surface area contributed by atoms with Crippen LogP contribution >= 0.6 is 0 Å². The summed E-state index contributed by atoms with van der Waals surface area (Å²) in [6.07, 6.45) is 0. The average molecular weight is 220 g/mol. The van der Waals surface area contributed by atoms with Gasteiger partial charge in [0.2, 0.25) is 0 Å². The van der Waals surface area contributed by atoms with Crippen LogP contribution in [0.3, 0.4) is 0 Å². The molecule has 4 nitrogen and oxygen atoms in total. The summed E-state index contributed by atoms with van der Waals surface area (Å²) in [7, 11) is 3.55. The number of aromatic hydroxyl groups is 1. The van der Waals surface area contributed by atoms with E-state index in [1.807, 2.05) is 0 Å². The summed E-state index contributed by atoms with van der Waals surface area (Å²) in [5.41, 5.74) is 0.922. The number of phenols is 1. The monoisotopic (exact) mass is 220 g/mol. The lowest BCUT2D eigenvalue weighted by atomic mass is 10.1. The minimum Gasteiger partial charge on any atom is -0.507 e. The van der Waals surface area contributed by atoms with E-state index in [2.05, 4.69) is 11.9 Å². The predicted octanol–water partition coefficient (Wildman–Crippen LogP) is 1.46. The first-order valence-electron chi connectivity index (χ1n) is 4.89. The fraction of sp³-hybridized carbons (Fsp3) is 0.250. The second-order valence-electron chi connectivity index (χ2n) is 3.77. The fourth-order valence-corrected chi connectivity index (χ4v) is 1.15. The quantitative estimate of drug-likeness (QED) is 0.811. The first-order valence-corrected chi connectivity index (χ1v) is 4.89. The van der Waals surface area contributed by atoms with Gasteiger partial charge in [0, 0.05) is 14.1 Å². The van der Waals surface area contributed by atoms with Gasteiger partial charge in [-0.3, -0.25) is 4.79 Å². The van der Waals surface area contributed by atoms with E-state index in [-0.39, 0.29) is 17.2 Å². The van der Waals surface area contributed by atoms with Crippen LogP contribution in [0.1, 0.15) is 15.9 Å². The third-order valence-electron chi connectivity index (χ3n) is 2.28. The van der Waals surface area contributed by atoms with Gasteiger partial charge in [-0.15, -0.1) is 0 Å². The van der Waals surface area contributed by atoms with Crippen LogP contribution in [0.4, 0.5) is 0 Å². The summed E-state index contributed by atoms with van der Waals surface area (Å²) in [4.78, 5) is 13.5. The molecular formula is C12H16N2O2. The summed E-state index contributed by atoms with van der Waals surface area (Å²) in [6.45, 7) is 5.43. The van der Waals surface area contributed by atoms with Gasteiger partial charge in [0.05, 0.1) is 5.56 Å². The molecule has 1 aromatic rings. The normalized spacial score (nSPS) is 9.69. The molecule has 0 aromatic heterocycles. The fourth-order valence-electron chi connectivity index (χ4n) is 1.15. The molecule has 0 aliphatic rings. The van der Waals surface area contributed by atoms with Gasteiger partial charge in [0.1, 0.15) is 11.6 Å². The minimum atomic E-state index is -0.361. The second-order valence-corrected chi connectivity index (χ2v) is 3.77. The molecule has 2 N–H and O–H groups in total. The molecule has 0 atom stereocenters. The van der Waals surface area contributed by atoms with Gasteiger partial charge in [0.15, 0.2) is 0 Å². The van der Waals surface area contributed by atoms with Gasteiger partial charge in [0.25, 0.3) is 5.91 Å². The molecular weight excluding hydrogens is 204 g/mol. The van der Waals surface area contributed by atoms with Crippen LogP contribution in [0, 0.1) is 6.92 Å². The molecule has 0 heterocycles. The number of nitrogens with zero attached hydrogens (tertiary/aromatic N) is 1. The van der Waals surface area contributed by atoms with Gasteiger partial charge in [-0.25, -0.2) is 0 Å². The third kappa shape index (κ3) is 2.53. The summed E-state index contributed by atoms with van der Waals surface area (Å²) >= 11 is 0. The summed E-state index contributed by atoms with van der Waals surface area (Å²) in [6, 6.07) is 5.04. The van der Waals surface area contributed by atoms with Crippen molar-refractivity contribution in [1.82, 2.24) is 10.2 Å². The Kier molecular flexibility index (Phi) is 3.55. The molecule has 0 aliphatic heterocycles. The zero-order chi connectivity index (χ0) is 12.3. The highest BCUT2D eigenvalue weighted by atomic mass is 16.3. The molecule has 0 aliphatic carbocycles. The molecule has 1 rings (SSSR count). The first kappa shape index (κ1) is 12.1. The Morgan fingerprint density at radius 3 is 2.62 bits per heavy atom. The molecule has 0 spiro atoms. The van der Waals surface area contributed by atoms with E-state index >= 15 is 0 Å². The highest BCUT2D eigenvalue weighted by Crippen LogP contribution is 2.21. The number of amides is 1. The molecule has 1 amide bonds. The molecule has 0 saturated heterocycles. The molecule has 0 fully saturated rings. The van der Waals surface area contributed by atoms with E-state index in [9.17, 15) is 9.90 Å². The number of rotatable bonds is 3. The minimum absolute atomic E-state index is 0.00607. The number of hydrogen-bond acceptors (Lipinski definition) is 3. The van der Waals surface area contributed by atoms with Gasteiger partial charge >= 0.3 is 0 Å². The lowest BCUT2D eigenvalue weighted by molar-refractivity contribution is 0.0953. The highest BCUT2D eigenvalue weighted by molar-refractivity contribution is 5.98. The number of phenolic OH excluding ortho intramolecular Hbond substituents is 1. The van der Waals surface area contributed by atoms with E-state index < -0.39 is 0 Å². The van der Waals surface area contributed by atoms with Crippen molar-refractivity contribution in [3.8, 4) is 5.75 Å². The number of carbonyl (C=O) groups is 1. The molecule has 0 unspecified atom stereocenters. The predicted molar refractivity (Wildman–Crippen MR) is 63.1 cm³/mol. The van der Waals surface area contributed by atoms with Crippen LogP contribution in [0.25, 0.3) is 0 Å². The Labute approximate surface area is 95.2 Å². The van der Waals surface area contributed by atoms with Crippen LogP contribution in [0.15, 0.2) is 30.6 Å². The smallest absolute Gasteiger partial charge is 0.260 e. The average Bonchev–Trinajstić information content (AvgIpc) is 2.21. The summed E-state index contributed by atoms with van der Waals surface area (Å²) in [5.74, 6) is 0.123. The largest absolute Gasteiger partial charge is 0.507 e. The number of benzene rings is 1. The van der Waals surface area contributed by atoms with Crippen molar-refractivity contribution >= 4 is 5.91 Å². The van der Waals surface area contributed by atoms with Gasteiger partial charge in [-0.1, -0.05) is 18.7 Å². The van der Waals surface area contributed by atoms with Crippen molar-refractivity contribution in [2.45, 2.75) is 6.92 Å². The molecule has 0 saturated carbocycles. The molecule has 1 aromatic carbocycles. The van der Waals surface area contributed by atoms with E-state index in [0.717, 1.165) is 0 Å². The van der Waals surface area contributed by atoms with Crippen LogP contribution < -0.4 is 5.32 Å². The zero-order valence-electron chi connectivity index (χ0n) is 9.74. The maximum absolute atomic E-state index is 11.8.